The van der Waals surface area contributed by atoms with Gasteiger partial charge in [-0.15, -0.1) is 0 Å². The molecule has 0 bridgehead atoms. The lowest BCUT2D eigenvalue weighted by Crippen LogP contribution is -2.51. The van der Waals surface area contributed by atoms with E-state index in [0.717, 1.165) is 5.56 Å². The third kappa shape index (κ3) is 8.06. The average molecular weight is 518 g/mol. The first-order valence-corrected chi connectivity index (χ1v) is 11.5. The Morgan fingerprint density at radius 3 is 2.08 bits per heavy atom. The van der Waals surface area contributed by atoms with Crippen molar-refractivity contribution in [3.05, 3.63) is 83.6 Å². The Kier molecular flexibility index (Phi) is 9.76. The van der Waals surface area contributed by atoms with Gasteiger partial charge in [-0.25, -0.2) is 10.5 Å². The summed E-state index contributed by atoms with van der Waals surface area (Å²) in [4.78, 5) is 40.2. The third-order valence-electron chi connectivity index (χ3n) is 5.23. The number of nitrogens with zero attached hydrogens (tertiary/aromatic N) is 1. The summed E-state index contributed by atoms with van der Waals surface area (Å²) in [5.41, 5.74) is 4.36. The maximum atomic E-state index is 12.4. The lowest BCUT2D eigenvalue weighted by molar-refractivity contribution is -0.133. The number of rotatable bonds is 9. The molecule has 6 N–H and O–H groups in total. The molecule has 11 heteroatoms. The van der Waals surface area contributed by atoms with Crippen LogP contribution in [0.3, 0.4) is 0 Å². The van der Waals surface area contributed by atoms with Gasteiger partial charge in [0.1, 0.15) is 6.04 Å². The number of nitrogens with one attached hydrogen (secondary N) is 4. The number of carbonyl (C=O) groups excluding carboxylic acids is 3. The number of methoxy groups -OCH3 is 1. The monoisotopic (exact) mass is 517 g/mol. The molecule has 0 aliphatic carbocycles. The van der Waals surface area contributed by atoms with Crippen LogP contribution in [0.4, 0.5) is 11.4 Å². The molecule has 0 unspecified atom stereocenters. The van der Waals surface area contributed by atoms with Crippen LogP contribution in [0.15, 0.2) is 66.9 Å². The van der Waals surface area contributed by atoms with Gasteiger partial charge < -0.3 is 25.8 Å². The van der Waals surface area contributed by atoms with Gasteiger partial charge in [0.25, 0.3) is 11.8 Å². The average Bonchev–Trinajstić information content (AvgIpc) is 2.94. The number of ether oxygens (including phenoxy) is 1. The summed E-state index contributed by atoms with van der Waals surface area (Å²) < 4.78 is 5.00. The lowest BCUT2D eigenvalue weighted by atomic mass is 10.1. The summed E-state index contributed by atoms with van der Waals surface area (Å²) in [6.45, 7) is 1.39. The van der Waals surface area contributed by atoms with Gasteiger partial charge in [-0.05, 0) is 61.5 Å². The Bertz CT molecular complexity index is 1310. The van der Waals surface area contributed by atoms with E-state index in [4.69, 9.17) is 9.94 Å². The number of hydroxylamine groups is 1. The summed E-state index contributed by atoms with van der Waals surface area (Å²) in [7, 11) is 1.53. The molecule has 3 aromatic rings. The first-order chi connectivity index (χ1) is 18.3. The third-order valence-corrected chi connectivity index (χ3v) is 5.23. The van der Waals surface area contributed by atoms with Crippen molar-refractivity contribution in [3.63, 3.8) is 0 Å². The number of hydrogen-bond donors (Lipinski definition) is 6. The topological polar surface area (TPSA) is 162 Å². The number of aliphatic hydroxyl groups excluding tert-OH is 1. The molecule has 196 valence electrons. The molecule has 0 aliphatic heterocycles. The molecule has 1 heterocycles. The van der Waals surface area contributed by atoms with E-state index in [2.05, 4.69) is 32.8 Å². The molecular formula is C27H27N5O6. The second-order valence-corrected chi connectivity index (χ2v) is 8.06. The van der Waals surface area contributed by atoms with E-state index in [1.54, 1.807) is 54.7 Å². The van der Waals surface area contributed by atoms with Gasteiger partial charge >= 0.3 is 0 Å². The van der Waals surface area contributed by atoms with Gasteiger partial charge in [-0.2, -0.15) is 0 Å². The van der Waals surface area contributed by atoms with Crippen LogP contribution in [0, 0.1) is 11.8 Å². The van der Waals surface area contributed by atoms with Crippen LogP contribution >= 0.6 is 0 Å². The van der Waals surface area contributed by atoms with Gasteiger partial charge in [-0.3, -0.25) is 19.6 Å². The smallest absolute Gasteiger partial charge is 0.268 e. The number of pyridine rings is 1. The fourth-order valence-electron chi connectivity index (χ4n) is 3.18. The van der Waals surface area contributed by atoms with Gasteiger partial charge in [0.2, 0.25) is 11.8 Å². The zero-order chi connectivity index (χ0) is 27.5. The molecule has 0 saturated carbocycles. The predicted molar refractivity (Wildman–Crippen MR) is 140 cm³/mol. The maximum Gasteiger partial charge on any atom is 0.268 e. The molecule has 0 radical (unpaired) electrons. The normalized spacial score (nSPS) is 11.7. The van der Waals surface area contributed by atoms with Crippen molar-refractivity contribution in [3.8, 4) is 17.7 Å². The number of carbonyl (C=O) groups is 3. The quantitative estimate of drug-likeness (QED) is 0.141. The van der Waals surface area contributed by atoms with E-state index >= 15 is 0 Å². The summed E-state index contributed by atoms with van der Waals surface area (Å²) in [6.07, 6.45) is 0.373. The number of benzene rings is 2. The van der Waals surface area contributed by atoms with Crippen molar-refractivity contribution in [2.24, 2.45) is 0 Å². The van der Waals surface area contributed by atoms with E-state index in [1.807, 2.05) is 0 Å². The highest BCUT2D eigenvalue weighted by Crippen LogP contribution is 2.12. The van der Waals surface area contributed by atoms with Crippen LogP contribution in [0.5, 0.6) is 5.88 Å². The Hall–Kier alpha value is -4.92. The fraction of sp³-hybridized carbons (Fsp3) is 0.185. The Morgan fingerprint density at radius 2 is 1.55 bits per heavy atom. The fourth-order valence-corrected chi connectivity index (χ4v) is 3.18. The van der Waals surface area contributed by atoms with Gasteiger partial charge in [0, 0.05) is 28.4 Å². The van der Waals surface area contributed by atoms with Gasteiger partial charge in [0.15, 0.2) is 0 Å². The van der Waals surface area contributed by atoms with Crippen molar-refractivity contribution in [2.75, 3.05) is 24.3 Å². The van der Waals surface area contributed by atoms with Crippen molar-refractivity contribution in [2.45, 2.75) is 19.1 Å². The number of aromatic nitrogens is 1. The first-order valence-electron chi connectivity index (χ1n) is 11.5. The first kappa shape index (κ1) is 27.7. The number of anilines is 2. The van der Waals surface area contributed by atoms with Crippen LogP contribution in [-0.4, -0.2) is 58.8 Å². The van der Waals surface area contributed by atoms with Crippen molar-refractivity contribution in [1.29, 1.82) is 0 Å². The van der Waals surface area contributed by atoms with Crippen LogP contribution in [0.1, 0.15) is 28.4 Å². The van der Waals surface area contributed by atoms with Crippen LogP contribution in [0.2, 0.25) is 0 Å². The molecule has 0 aliphatic rings. The molecule has 0 saturated heterocycles. The van der Waals surface area contributed by atoms with Crippen molar-refractivity contribution < 1.29 is 29.4 Å². The number of amides is 3. The minimum atomic E-state index is -1.30. The molecule has 3 amide bonds. The highest BCUT2D eigenvalue weighted by molar-refractivity contribution is 5.97. The second kappa shape index (κ2) is 13.4. The Labute approximate surface area is 219 Å². The summed E-state index contributed by atoms with van der Waals surface area (Å²) in [5, 5.41) is 26.5. The van der Waals surface area contributed by atoms with Crippen LogP contribution in [-0.2, 0) is 9.59 Å². The molecule has 38 heavy (non-hydrogen) atoms. The maximum absolute atomic E-state index is 12.4. The number of hydrogen-bond acceptors (Lipinski definition) is 8. The SMILES string of the molecule is COc1ccc(NCC(=O)Nc2ccc(C#Cc3ccc(C(=O)N[C@H](C(=O)NO)[C@@H](C)O)cc3)cc2)cn1. The van der Waals surface area contributed by atoms with E-state index in [0.29, 0.717) is 22.8 Å². The van der Waals surface area contributed by atoms with Crippen LogP contribution < -0.4 is 26.2 Å². The van der Waals surface area contributed by atoms with Crippen LogP contribution in [0.25, 0.3) is 0 Å². The molecule has 2 atom stereocenters. The molecular weight excluding hydrogens is 490 g/mol. The second-order valence-electron chi connectivity index (χ2n) is 8.06. The molecule has 11 nitrogen and oxygen atoms in total. The lowest BCUT2D eigenvalue weighted by Gasteiger charge is -2.19. The molecule has 0 spiro atoms. The molecule has 1 aromatic heterocycles. The molecule has 2 aromatic carbocycles. The zero-order valence-electron chi connectivity index (χ0n) is 20.7. The van der Waals surface area contributed by atoms with Gasteiger partial charge in [0.05, 0.1) is 31.6 Å². The minimum absolute atomic E-state index is 0.0674. The summed E-state index contributed by atoms with van der Waals surface area (Å²) >= 11 is 0. The zero-order valence-corrected chi connectivity index (χ0v) is 20.7. The highest BCUT2D eigenvalue weighted by atomic mass is 16.5. The Morgan fingerprint density at radius 1 is 0.947 bits per heavy atom. The minimum Gasteiger partial charge on any atom is -0.481 e. The number of aliphatic hydroxyl groups is 1. The molecule has 3 rings (SSSR count). The highest BCUT2D eigenvalue weighted by Gasteiger charge is 2.25. The van der Waals surface area contributed by atoms with E-state index in [1.165, 1.54) is 31.6 Å². The predicted octanol–water partition coefficient (Wildman–Crippen LogP) is 1.53. The summed E-state index contributed by atoms with van der Waals surface area (Å²) in [5.74, 6) is 4.75. The van der Waals surface area contributed by atoms with Crippen molar-refractivity contribution in [1.82, 2.24) is 15.8 Å². The van der Waals surface area contributed by atoms with E-state index in [9.17, 15) is 19.5 Å². The Balaban J connectivity index is 1.52. The molecule has 0 fully saturated rings. The van der Waals surface area contributed by atoms with E-state index in [-0.39, 0.29) is 18.0 Å². The van der Waals surface area contributed by atoms with Crippen molar-refractivity contribution >= 4 is 29.1 Å². The summed E-state index contributed by atoms with van der Waals surface area (Å²) in [6, 6.07) is 15.5. The standard InChI is InChI=1S/C27H27N5O6/c1-17(33)25(27(36)32-37)31-26(35)20-9-5-18(6-10-20)3-4-19-7-11-21(12-8-19)30-23(34)16-28-22-13-14-24(38-2)29-15-22/h5-15,17,25,28,33,37H,16H2,1-2H3,(H,30,34)(H,31,35)(H,32,36)/t17-,25+/m1/s1. The largest absolute Gasteiger partial charge is 0.481 e. The van der Waals surface area contributed by atoms with E-state index < -0.39 is 24.0 Å². The van der Waals surface area contributed by atoms with Gasteiger partial charge in [-0.1, -0.05) is 11.8 Å².